The first-order valence-electron chi connectivity index (χ1n) is 6.98. The summed E-state index contributed by atoms with van der Waals surface area (Å²) in [6.07, 6.45) is 1.11. The Balaban J connectivity index is 2.39. The normalized spacial score (nSPS) is 12.8. The van der Waals surface area contributed by atoms with E-state index in [-0.39, 0.29) is 17.4 Å². The number of rotatable bonds is 6. The average molecular weight is 278 g/mol. The van der Waals surface area contributed by atoms with Crippen molar-refractivity contribution in [3.8, 4) is 5.75 Å². The summed E-state index contributed by atoms with van der Waals surface area (Å²) < 4.78 is 5.28. The lowest BCUT2D eigenvalue weighted by molar-refractivity contribution is -0.121. The van der Waals surface area contributed by atoms with Crippen LogP contribution >= 0.6 is 0 Å². The molecule has 0 aliphatic heterocycles. The van der Waals surface area contributed by atoms with E-state index in [1.807, 2.05) is 45.0 Å². The van der Waals surface area contributed by atoms with Crippen LogP contribution in [0.1, 0.15) is 32.8 Å². The number of hydrogen-bond donors (Lipinski definition) is 2. The van der Waals surface area contributed by atoms with Crippen LogP contribution in [0.4, 0.5) is 0 Å². The molecule has 4 nitrogen and oxygen atoms in total. The van der Waals surface area contributed by atoms with Crippen molar-refractivity contribution in [2.75, 3.05) is 13.7 Å². The standard InChI is InChI=1S/C16H26N2O2/c1-16(2,3)14(17)11-15(19)18-10-9-12-7-5-6-8-13(12)20-4/h5-8,14H,9-11,17H2,1-4H3,(H,18,19). The third-order valence-electron chi connectivity index (χ3n) is 3.43. The highest BCUT2D eigenvalue weighted by Crippen LogP contribution is 2.20. The van der Waals surface area contributed by atoms with Crippen molar-refractivity contribution < 1.29 is 9.53 Å². The topological polar surface area (TPSA) is 64.3 Å². The number of carbonyl (C=O) groups excluding carboxylic acids is 1. The molecule has 1 aromatic rings. The quantitative estimate of drug-likeness (QED) is 0.837. The number of nitrogens with one attached hydrogen (secondary N) is 1. The van der Waals surface area contributed by atoms with Crippen LogP contribution in [0.25, 0.3) is 0 Å². The third-order valence-corrected chi connectivity index (χ3v) is 3.43. The summed E-state index contributed by atoms with van der Waals surface area (Å²) >= 11 is 0. The molecule has 0 aliphatic rings. The van der Waals surface area contributed by atoms with Gasteiger partial charge < -0.3 is 15.8 Å². The maximum Gasteiger partial charge on any atom is 0.221 e. The first-order chi connectivity index (χ1) is 9.34. The predicted octanol–water partition coefficient (Wildman–Crippen LogP) is 2.12. The number of nitrogens with two attached hydrogens (primary N) is 1. The van der Waals surface area contributed by atoms with Crippen molar-refractivity contribution in [1.29, 1.82) is 0 Å². The Morgan fingerprint density at radius 1 is 1.35 bits per heavy atom. The third kappa shape index (κ3) is 5.21. The van der Waals surface area contributed by atoms with E-state index >= 15 is 0 Å². The molecule has 0 saturated carbocycles. The summed E-state index contributed by atoms with van der Waals surface area (Å²) in [5.74, 6) is 0.857. The van der Waals surface area contributed by atoms with E-state index in [1.54, 1.807) is 7.11 Å². The first-order valence-corrected chi connectivity index (χ1v) is 6.98. The van der Waals surface area contributed by atoms with E-state index in [0.29, 0.717) is 13.0 Å². The molecule has 112 valence electrons. The molecule has 1 atom stereocenters. The number of ether oxygens (including phenoxy) is 1. The lowest BCUT2D eigenvalue weighted by atomic mass is 9.85. The van der Waals surface area contributed by atoms with Gasteiger partial charge in [-0.2, -0.15) is 0 Å². The Morgan fingerprint density at radius 2 is 2.00 bits per heavy atom. The van der Waals surface area contributed by atoms with E-state index in [1.165, 1.54) is 0 Å². The van der Waals surface area contributed by atoms with Gasteiger partial charge in [0.25, 0.3) is 0 Å². The largest absolute Gasteiger partial charge is 0.496 e. The number of benzene rings is 1. The van der Waals surface area contributed by atoms with Gasteiger partial charge in [-0.3, -0.25) is 4.79 Å². The van der Waals surface area contributed by atoms with Crippen molar-refractivity contribution in [2.24, 2.45) is 11.1 Å². The second-order valence-electron chi connectivity index (χ2n) is 6.09. The molecule has 0 saturated heterocycles. The van der Waals surface area contributed by atoms with Gasteiger partial charge in [0.15, 0.2) is 0 Å². The highest BCUT2D eigenvalue weighted by Gasteiger charge is 2.22. The molecule has 20 heavy (non-hydrogen) atoms. The summed E-state index contributed by atoms with van der Waals surface area (Å²) in [7, 11) is 1.65. The number of amides is 1. The Kier molecular flexibility index (Phi) is 6.02. The zero-order chi connectivity index (χ0) is 15.2. The molecule has 0 spiro atoms. The van der Waals surface area contributed by atoms with Crippen LogP contribution in [-0.4, -0.2) is 25.6 Å². The van der Waals surface area contributed by atoms with E-state index in [4.69, 9.17) is 10.5 Å². The van der Waals surface area contributed by atoms with Crippen molar-refractivity contribution in [3.63, 3.8) is 0 Å². The fraction of sp³-hybridized carbons (Fsp3) is 0.562. The lowest BCUT2D eigenvalue weighted by Crippen LogP contribution is -2.40. The van der Waals surface area contributed by atoms with Gasteiger partial charge in [-0.05, 0) is 23.5 Å². The Hall–Kier alpha value is -1.55. The minimum atomic E-state index is -0.131. The highest BCUT2D eigenvalue weighted by molar-refractivity contribution is 5.76. The van der Waals surface area contributed by atoms with Gasteiger partial charge in [0.05, 0.1) is 7.11 Å². The van der Waals surface area contributed by atoms with Crippen molar-refractivity contribution in [2.45, 2.75) is 39.7 Å². The van der Waals surface area contributed by atoms with Crippen LogP contribution in [0.5, 0.6) is 5.75 Å². The van der Waals surface area contributed by atoms with Gasteiger partial charge in [-0.1, -0.05) is 39.0 Å². The molecule has 1 amide bonds. The van der Waals surface area contributed by atoms with Crippen LogP contribution in [0.15, 0.2) is 24.3 Å². The number of hydrogen-bond acceptors (Lipinski definition) is 3. The SMILES string of the molecule is COc1ccccc1CCNC(=O)CC(N)C(C)(C)C. The molecule has 1 rings (SSSR count). The van der Waals surface area contributed by atoms with Gasteiger partial charge in [0.1, 0.15) is 5.75 Å². The second-order valence-corrected chi connectivity index (χ2v) is 6.09. The van der Waals surface area contributed by atoms with Crippen LogP contribution in [0.2, 0.25) is 0 Å². The van der Waals surface area contributed by atoms with E-state index in [0.717, 1.165) is 17.7 Å². The molecular formula is C16H26N2O2. The molecule has 0 heterocycles. The monoisotopic (exact) mass is 278 g/mol. The van der Waals surface area contributed by atoms with Crippen LogP contribution in [-0.2, 0) is 11.2 Å². The predicted molar refractivity (Wildman–Crippen MR) is 81.8 cm³/mol. The number of para-hydroxylation sites is 1. The highest BCUT2D eigenvalue weighted by atomic mass is 16.5. The zero-order valence-corrected chi connectivity index (χ0v) is 12.9. The van der Waals surface area contributed by atoms with E-state index < -0.39 is 0 Å². The van der Waals surface area contributed by atoms with Gasteiger partial charge in [-0.15, -0.1) is 0 Å². The molecular weight excluding hydrogens is 252 g/mol. The molecule has 4 heteroatoms. The van der Waals surface area contributed by atoms with Gasteiger partial charge in [0, 0.05) is 19.0 Å². The first kappa shape index (κ1) is 16.5. The second kappa shape index (κ2) is 7.29. The number of methoxy groups -OCH3 is 1. The summed E-state index contributed by atoms with van der Waals surface area (Å²) in [5.41, 5.74) is 7.04. The molecule has 0 radical (unpaired) electrons. The van der Waals surface area contributed by atoms with Gasteiger partial charge in [-0.25, -0.2) is 0 Å². The van der Waals surface area contributed by atoms with Crippen LogP contribution in [0, 0.1) is 5.41 Å². The molecule has 1 aromatic carbocycles. The van der Waals surface area contributed by atoms with Crippen LogP contribution in [0.3, 0.4) is 0 Å². The Labute approximate surface area is 121 Å². The average Bonchev–Trinajstić information content (AvgIpc) is 2.38. The summed E-state index contributed by atoms with van der Waals surface area (Å²) in [5, 5.41) is 2.91. The Bertz CT molecular complexity index is 438. The van der Waals surface area contributed by atoms with Gasteiger partial charge in [0.2, 0.25) is 5.91 Å². The summed E-state index contributed by atoms with van der Waals surface area (Å²) in [4.78, 5) is 11.8. The maximum absolute atomic E-state index is 11.8. The van der Waals surface area contributed by atoms with Crippen LogP contribution < -0.4 is 15.8 Å². The maximum atomic E-state index is 11.8. The molecule has 0 aromatic heterocycles. The molecule has 3 N–H and O–H groups in total. The Morgan fingerprint density at radius 3 is 2.60 bits per heavy atom. The summed E-state index contributed by atoms with van der Waals surface area (Å²) in [6.45, 7) is 6.72. The molecule has 0 bridgehead atoms. The van der Waals surface area contributed by atoms with Crippen molar-refractivity contribution in [1.82, 2.24) is 5.32 Å². The van der Waals surface area contributed by atoms with E-state index in [9.17, 15) is 4.79 Å². The minimum absolute atomic E-state index is 0.00215. The zero-order valence-electron chi connectivity index (χ0n) is 12.9. The molecule has 0 fully saturated rings. The lowest BCUT2D eigenvalue weighted by Gasteiger charge is -2.26. The van der Waals surface area contributed by atoms with Gasteiger partial charge >= 0.3 is 0 Å². The minimum Gasteiger partial charge on any atom is -0.496 e. The fourth-order valence-electron chi connectivity index (χ4n) is 1.82. The van der Waals surface area contributed by atoms with Crippen molar-refractivity contribution >= 4 is 5.91 Å². The molecule has 1 unspecified atom stereocenters. The molecule has 0 aliphatic carbocycles. The summed E-state index contributed by atoms with van der Waals surface area (Å²) in [6, 6.07) is 7.70. The fourth-order valence-corrected chi connectivity index (χ4v) is 1.82. The van der Waals surface area contributed by atoms with Crippen molar-refractivity contribution in [3.05, 3.63) is 29.8 Å². The van der Waals surface area contributed by atoms with E-state index in [2.05, 4.69) is 5.32 Å². The number of carbonyl (C=O) groups is 1. The smallest absolute Gasteiger partial charge is 0.221 e.